The number of hydrogen-bond acceptors (Lipinski definition) is 3. The van der Waals surface area contributed by atoms with Crippen LogP contribution in [0.5, 0.6) is 0 Å². The van der Waals surface area contributed by atoms with Crippen molar-refractivity contribution in [1.29, 1.82) is 0 Å². The summed E-state index contributed by atoms with van der Waals surface area (Å²) in [7, 11) is 2.15. The molecule has 4 heteroatoms. The third kappa shape index (κ3) is 5.91. The predicted octanol–water partition coefficient (Wildman–Crippen LogP) is 1.60. The van der Waals surface area contributed by atoms with Gasteiger partial charge in [0.15, 0.2) is 0 Å². The van der Waals surface area contributed by atoms with Crippen LogP contribution in [-0.2, 0) is 4.79 Å². The minimum absolute atomic E-state index is 0.219. The predicted molar refractivity (Wildman–Crippen MR) is 79.9 cm³/mol. The van der Waals surface area contributed by atoms with Gasteiger partial charge >= 0.3 is 0 Å². The minimum atomic E-state index is 0.219. The fourth-order valence-electron chi connectivity index (χ4n) is 2.97. The maximum Gasteiger partial charge on any atom is 0.220 e. The number of nitrogens with zero attached hydrogens (tertiary/aromatic N) is 1. The lowest BCUT2D eigenvalue weighted by atomic mass is 9.93. The summed E-state index contributed by atoms with van der Waals surface area (Å²) in [6.07, 6.45) is 4.85. The quantitative estimate of drug-likeness (QED) is 0.738. The molecule has 1 heterocycles. The molecule has 0 aromatic heterocycles. The largest absolute Gasteiger partial charge is 0.353 e. The summed E-state index contributed by atoms with van der Waals surface area (Å²) >= 11 is 0. The lowest BCUT2D eigenvalue weighted by Crippen LogP contribution is -2.48. The molecule has 0 aromatic carbocycles. The Hall–Kier alpha value is -0.610. The fraction of sp³-hybridized carbons (Fsp3) is 0.933. The van der Waals surface area contributed by atoms with Crippen molar-refractivity contribution in [2.75, 3.05) is 26.7 Å². The van der Waals surface area contributed by atoms with E-state index in [0.29, 0.717) is 24.3 Å². The zero-order chi connectivity index (χ0) is 14.3. The van der Waals surface area contributed by atoms with Crippen LogP contribution in [0.4, 0.5) is 0 Å². The van der Waals surface area contributed by atoms with Gasteiger partial charge in [-0.15, -0.1) is 0 Å². The molecule has 0 saturated carbocycles. The Bertz CT molecular complexity index is 270. The van der Waals surface area contributed by atoms with Crippen LogP contribution in [0.25, 0.3) is 0 Å². The van der Waals surface area contributed by atoms with Gasteiger partial charge in [0, 0.05) is 19.0 Å². The molecule has 112 valence electrons. The summed E-state index contributed by atoms with van der Waals surface area (Å²) in [6, 6.07) is 0.360. The Morgan fingerprint density at radius 2 is 2.21 bits per heavy atom. The molecule has 3 atom stereocenters. The van der Waals surface area contributed by atoms with E-state index >= 15 is 0 Å². The zero-order valence-corrected chi connectivity index (χ0v) is 12.8. The Kier molecular flexibility index (Phi) is 7.39. The van der Waals surface area contributed by atoms with Crippen LogP contribution in [0, 0.1) is 11.8 Å². The summed E-state index contributed by atoms with van der Waals surface area (Å²) in [5.74, 6) is 1.37. The number of hydrogen-bond donors (Lipinski definition) is 2. The number of carbonyl (C=O) groups excluding carboxylic acids is 1. The molecule has 1 aliphatic heterocycles. The Morgan fingerprint density at radius 3 is 2.79 bits per heavy atom. The molecule has 1 rings (SSSR count). The van der Waals surface area contributed by atoms with Gasteiger partial charge in [-0.25, -0.2) is 0 Å². The van der Waals surface area contributed by atoms with Crippen molar-refractivity contribution in [1.82, 2.24) is 10.2 Å². The third-order valence-electron chi connectivity index (χ3n) is 4.39. The Morgan fingerprint density at radius 1 is 1.47 bits per heavy atom. The van der Waals surface area contributed by atoms with Crippen molar-refractivity contribution in [3.63, 3.8) is 0 Å². The van der Waals surface area contributed by atoms with Gasteiger partial charge in [-0.1, -0.05) is 20.3 Å². The molecule has 3 unspecified atom stereocenters. The van der Waals surface area contributed by atoms with Gasteiger partial charge in [-0.2, -0.15) is 0 Å². The van der Waals surface area contributed by atoms with E-state index in [-0.39, 0.29) is 5.91 Å². The monoisotopic (exact) mass is 269 g/mol. The standard InChI is InChI=1S/C15H31N3O/c1-4-13(7-9-16)5-6-15(19)17-14-8-10-18(3)11-12(14)2/h12-14H,4-11,16H2,1-3H3,(H,17,19). The van der Waals surface area contributed by atoms with Gasteiger partial charge in [0.1, 0.15) is 0 Å². The number of likely N-dealkylation sites (tertiary alicyclic amines) is 1. The van der Waals surface area contributed by atoms with E-state index in [1.54, 1.807) is 0 Å². The van der Waals surface area contributed by atoms with Crippen LogP contribution in [0.1, 0.15) is 46.0 Å². The summed E-state index contributed by atoms with van der Waals surface area (Å²) in [5.41, 5.74) is 5.59. The molecule has 0 radical (unpaired) electrons. The first kappa shape index (κ1) is 16.4. The maximum absolute atomic E-state index is 12.0. The van der Waals surface area contributed by atoms with E-state index in [2.05, 4.69) is 31.1 Å². The van der Waals surface area contributed by atoms with Gasteiger partial charge in [0.05, 0.1) is 0 Å². The molecule has 19 heavy (non-hydrogen) atoms. The van der Waals surface area contributed by atoms with Gasteiger partial charge in [0.25, 0.3) is 0 Å². The van der Waals surface area contributed by atoms with E-state index in [9.17, 15) is 4.79 Å². The second-order valence-corrected chi connectivity index (χ2v) is 6.09. The molecule has 1 saturated heterocycles. The molecule has 1 fully saturated rings. The number of carbonyl (C=O) groups is 1. The van der Waals surface area contributed by atoms with Crippen LogP contribution in [0.15, 0.2) is 0 Å². The van der Waals surface area contributed by atoms with Gasteiger partial charge in [-0.05, 0) is 51.2 Å². The van der Waals surface area contributed by atoms with E-state index in [1.165, 1.54) is 0 Å². The number of nitrogens with one attached hydrogen (secondary N) is 1. The first-order valence-corrected chi connectivity index (χ1v) is 7.74. The summed E-state index contributed by atoms with van der Waals surface area (Å²) in [5, 5.41) is 3.21. The van der Waals surface area contributed by atoms with Crippen LogP contribution in [-0.4, -0.2) is 43.5 Å². The van der Waals surface area contributed by atoms with Gasteiger partial charge in [0.2, 0.25) is 5.91 Å². The Labute approximate surface area is 118 Å². The van der Waals surface area contributed by atoms with Crippen molar-refractivity contribution in [3.05, 3.63) is 0 Å². The number of nitrogens with two attached hydrogens (primary N) is 1. The second kappa shape index (κ2) is 8.54. The van der Waals surface area contributed by atoms with E-state index in [1.807, 2.05) is 0 Å². The summed E-state index contributed by atoms with van der Waals surface area (Å²) in [6.45, 7) is 7.29. The Balaban J connectivity index is 2.27. The van der Waals surface area contributed by atoms with Crippen molar-refractivity contribution >= 4 is 5.91 Å². The lowest BCUT2D eigenvalue weighted by Gasteiger charge is -2.35. The highest BCUT2D eigenvalue weighted by Crippen LogP contribution is 2.17. The minimum Gasteiger partial charge on any atom is -0.353 e. The average molecular weight is 269 g/mol. The molecular formula is C15H31N3O. The van der Waals surface area contributed by atoms with Crippen LogP contribution in [0.3, 0.4) is 0 Å². The lowest BCUT2D eigenvalue weighted by molar-refractivity contribution is -0.122. The topological polar surface area (TPSA) is 58.4 Å². The number of amides is 1. The number of piperidine rings is 1. The normalized spacial score (nSPS) is 26.1. The second-order valence-electron chi connectivity index (χ2n) is 6.09. The highest BCUT2D eigenvalue weighted by molar-refractivity contribution is 5.76. The summed E-state index contributed by atoms with van der Waals surface area (Å²) < 4.78 is 0. The highest BCUT2D eigenvalue weighted by Gasteiger charge is 2.25. The molecule has 1 aliphatic rings. The van der Waals surface area contributed by atoms with Gasteiger partial charge in [-0.3, -0.25) is 4.79 Å². The molecule has 0 aliphatic carbocycles. The smallest absolute Gasteiger partial charge is 0.220 e. The molecule has 0 aromatic rings. The average Bonchev–Trinajstić information content (AvgIpc) is 2.38. The SMILES string of the molecule is CCC(CCN)CCC(=O)NC1CCN(C)CC1C. The van der Waals surface area contributed by atoms with Crippen molar-refractivity contribution < 1.29 is 4.79 Å². The molecule has 4 nitrogen and oxygen atoms in total. The van der Waals surface area contributed by atoms with Crippen LogP contribution >= 0.6 is 0 Å². The molecule has 0 bridgehead atoms. The van der Waals surface area contributed by atoms with Crippen LogP contribution < -0.4 is 11.1 Å². The van der Waals surface area contributed by atoms with Gasteiger partial charge < -0.3 is 16.0 Å². The van der Waals surface area contributed by atoms with Crippen molar-refractivity contribution in [2.24, 2.45) is 17.6 Å². The van der Waals surface area contributed by atoms with E-state index in [4.69, 9.17) is 5.73 Å². The maximum atomic E-state index is 12.0. The molecular weight excluding hydrogens is 238 g/mol. The third-order valence-corrected chi connectivity index (χ3v) is 4.39. The molecule has 0 spiro atoms. The number of rotatable bonds is 7. The zero-order valence-electron chi connectivity index (χ0n) is 12.8. The fourth-order valence-corrected chi connectivity index (χ4v) is 2.97. The van der Waals surface area contributed by atoms with Crippen molar-refractivity contribution in [3.8, 4) is 0 Å². The molecule has 1 amide bonds. The molecule has 3 N–H and O–H groups in total. The van der Waals surface area contributed by atoms with E-state index in [0.717, 1.165) is 45.3 Å². The summed E-state index contributed by atoms with van der Waals surface area (Å²) in [4.78, 5) is 14.3. The first-order chi connectivity index (χ1) is 9.06. The highest BCUT2D eigenvalue weighted by atomic mass is 16.1. The first-order valence-electron chi connectivity index (χ1n) is 7.74. The van der Waals surface area contributed by atoms with Crippen LogP contribution in [0.2, 0.25) is 0 Å². The van der Waals surface area contributed by atoms with Crippen molar-refractivity contribution in [2.45, 2.75) is 52.0 Å². The van der Waals surface area contributed by atoms with E-state index < -0.39 is 0 Å².